The van der Waals surface area contributed by atoms with Gasteiger partial charge in [0, 0.05) is 25.2 Å². The number of urea groups is 1. The summed E-state index contributed by atoms with van der Waals surface area (Å²) in [7, 11) is 0. The lowest BCUT2D eigenvalue weighted by Gasteiger charge is -2.36. The van der Waals surface area contributed by atoms with E-state index in [1.54, 1.807) is 40.2 Å². The first-order chi connectivity index (χ1) is 18.0. The van der Waals surface area contributed by atoms with Crippen LogP contribution < -0.4 is 10.7 Å². The van der Waals surface area contributed by atoms with E-state index in [1.165, 1.54) is 16.3 Å². The number of aliphatic hydroxyl groups is 1. The number of H-pyrrole nitrogens is 1. The fourth-order valence-corrected chi connectivity index (χ4v) is 6.36. The number of rotatable bonds is 5. The molecule has 3 aliphatic rings. The molecule has 1 aromatic carbocycles. The van der Waals surface area contributed by atoms with Gasteiger partial charge in [-0.05, 0) is 31.0 Å². The van der Waals surface area contributed by atoms with Crippen molar-refractivity contribution in [1.82, 2.24) is 20.1 Å². The summed E-state index contributed by atoms with van der Waals surface area (Å²) in [4.78, 5) is 42.4. The summed E-state index contributed by atoms with van der Waals surface area (Å²) in [6, 6.07) is 7.99. The maximum absolute atomic E-state index is 13.8. The number of nitrogens with zero attached hydrogens (tertiary/aromatic N) is 4. The highest BCUT2D eigenvalue weighted by Crippen LogP contribution is 2.45. The number of benzene rings is 1. The van der Waals surface area contributed by atoms with Crippen LogP contribution in [0.4, 0.5) is 10.5 Å². The van der Waals surface area contributed by atoms with Crippen molar-refractivity contribution >= 4 is 34.7 Å². The lowest BCUT2D eigenvalue weighted by molar-refractivity contribution is 0.0364. The molecule has 3 aromatic rings. The summed E-state index contributed by atoms with van der Waals surface area (Å²) in [5.74, 6) is -0.381. The number of ether oxygens (including phenoxy) is 1. The van der Waals surface area contributed by atoms with Gasteiger partial charge in [0.2, 0.25) is 0 Å². The van der Waals surface area contributed by atoms with Crippen LogP contribution in [-0.2, 0) is 4.74 Å². The Morgan fingerprint density at radius 3 is 2.76 bits per heavy atom. The highest BCUT2D eigenvalue weighted by atomic mass is 32.1. The molecule has 1 aliphatic carbocycles. The second-order valence-electron chi connectivity index (χ2n) is 9.21. The largest absolute Gasteiger partial charge is 0.394 e. The first-order valence-electron chi connectivity index (χ1n) is 12.2. The minimum atomic E-state index is -0.682. The smallest absolute Gasteiger partial charge is 0.334 e. The van der Waals surface area contributed by atoms with Crippen molar-refractivity contribution in [3.05, 3.63) is 46.3 Å². The number of aromatic amines is 1. The quantitative estimate of drug-likeness (QED) is 0.364. The number of carbonyl (C=O) groups is 3. The Morgan fingerprint density at radius 1 is 1.19 bits per heavy atom. The Labute approximate surface area is 216 Å². The molecule has 0 spiro atoms. The summed E-state index contributed by atoms with van der Waals surface area (Å²) in [6.07, 6.45) is 1.65. The van der Waals surface area contributed by atoms with E-state index in [4.69, 9.17) is 10.5 Å². The van der Waals surface area contributed by atoms with Crippen LogP contribution in [0.15, 0.2) is 30.3 Å². The fraction of sp³-hybridized carbons (Fsp3) is 0.360. The van der Waals surface area contributed by atoms with Crippen molar-refractivity contribution < 1.29 is 24.2 Å². The molecule has 4 N–H and O–H groups in total. The van der Waals surface area contributed by atoms with Crippen LogP contribution in [0, 0.1) is 0 Å². The molecule has 37 heavy (non-hydrogen) atoms. The van der Waals surface area contributed by atoms with Crippen LogP contribution in [0.3, 0.4) is 0 Å². The Bertz CT molecular complexity index is 1390. The second kappa shape index (κ2) is 9.38. The molecular weight excluding hydrogens is 496 g/mol. The number of morpholine rings is 1. The van der Waals surface area contributed by atoms with E-state index in [1.807, 2.05) is 0 Å². The van der Waals surface area contributed by atoms with Gasteiger partial charge in [0.05, 0.1) is 58.1 Å². The topological polar surface area (TPSA) is 145 Å². The molecule has 0 bridgehead atoms. The molecule has 192 valence electrons. The number of amides is 3. The van der Waals surface area contributed by atoms with E-state index < -0.39 is 6.03 Å². The number of ketones is 1. The number of aliphatic hydroxyl groups excluding tert-OH is 1. The van der Waals surface area contributed by atoms with Gasteiger partial charge in [-0.3, -0.25) is 14.7 Å². The molecule has 6 rings (SSSR count). The van der Waals surface area contributed by atoms with Gasteiger partial charge in [-0.15, -0.1) is 11.3 Å². The van der Waals surface area contributed by atoms with E-state index >= 15 is 0 Å². The number of nitrogens with two attached hydrogens (primary N) is 1. The normalized spacial score (nSPS) is 19.2. The Balaban J connectivity index is 1.35. The van der Waals surface area contributed by atoms with Crippen molar-refractivity contribution in [3.63, 3.8) is 0 Å². The molecule has 2 saturated heterocycles. The number of carbonyl (C=O) groups excluding carboxylic acids is 3. The maximum atomic E-state index is 13.8. The zero-order valence-corrected chi connectivity index (χ0v) is 20.8. The standard InChI is InChI=1S/C25H26N6O5S/c26-25(35)31(29-9-11-36-12-10-29)16-5-1-4-15-19(16)23(33)20-21(15)27-28-22(20)17-6-7-18(37-17)24(34)30-8-2-3-14(30)13-32/h1,4-7,14,32H,2-3,8-13H2,(H2,26,35)(H,27,28). The van der Waals surface area contributed by atoms with Gasteiger partial charge in [0.25, 0.3) is 5.91 Å². The number of thiophene rings is 1. The van der Waals surface area contributed by atoms with Crippen molar-refractivity contribution in [2.24, 2.45) is 5.73 Å². The van der Waals surface area contributed by atoms with Crippen molar-refractivity contribution in [2.75, 3.05) is 44.5 Å². The SMILES string of the molecule is NC(=O)N(c1cccc2c1C(=O)c1c-2n[nH]c1-c1ccc(C(=O)N2CCCC2CO)s1)N1CCOCC1. The number of fused-ring (bicyclic) bond motifs is 3. The summed E-state index contributed by atoms with van der Waals surface area (Å²) < 4.78 is 5.41. The van der Waals surface area contributed by atoms with Crippen LogP contribution in [0.25, 0.3) is 21.8 Å². The predicted molar refractivity (Wildman–Crippen MR) is 136 cm³/mol. The highest BCUT2D eigenvalue weighted by Gasteiger charge is 2.38. The van der Waals surface area contributed by atoms with Crippen LogP contribution in [0.2, 0.25) is 0 Å². The van der Waals surface area contributed by atoms with E-state index in [-0.39, 0.29) is 24.3 Å². The highest BCUT2D eigenvalue weighted by molar-refractivity contribution is 7.17. The average Bonchev–Trinajstić information content (AvgIpc) is 3.70. The van der Waals surface area contributed by atoms with E-state index in [9.17, 15) is 19.5 Å². The Hall–Kier alpha value is -3.58. The first kappa shape index (κ1) is 23.8. The van der Waals surface area contributed by atoms with Crippen molar-refractivity contribution in [1.29, 1.82) is 0 Å². The van der Waals surface area contributed by atoms with E-state index in [0.29, 0.717) is 76.4 Å². The Kier molecular flexibility index (Phi) is 6.03. The van der Waals surface area contributed by atoms with Gasteiger partial charge in [-0.25, -0.2) is 14.8 Å². The fourth-order valence-electron chi connectivity index (χ4n) is 5.40. The third kappa shape index (κ3) is 3.84. The molecule has 11 nitrogen and oxygen atoms in total. The summed E-state index contributed by atoms with van der Waals surface area (Å²) in [5.41, 5.74) is 8.61. The summed E-state index contributed by atoms with van der Waals surface area (Å²) >= 11 is 1.28. The molecule has 2 aliphatic heterocycles. The van der Waals surface area contributed by atoms with Gasteiger partial charge in [-0.2, -0.15) is 5.10 Å². The molecule has 2 fully saturated rings. The number of primary amides is 1. The number of hydrogen-bond donors (Lipinski definition) is 3. The van der Waals surface area contributed by atoms with Crippen LogP contribution in [0.1, 0.15) is 38.4 Å². The number of hydrazine groups is 1. The second-order valence-corrected chi connectivity index (χ2v) is 10.3. The molecule has 0 saturated carbocycles. The Morgan fingerprint density at radius 2 is 2.00 bits per heavy atom. The molecule has 2 aromatic heterocycles. The number of hydrogen-bond acceptors (Lipinski definition) is 8. The van der Waals surface area contributed by atoms with Crippen molar-refractivity contribution in [2.45, 2.75) is 18.9 Å². The lowest BCUT2D eigenvalue weighted by atomic mass is 10.1. The van der Waals surface area contributed by atoms with Crippen molar-refractivity contribution in [3.8, 4) is 21.8 Å². The molecule has 1 atom stereocenters. The molecule has 12 heteroatoms. The molecule has 3 amide bonds. The average molecular weight is 523 g/mol. The van der Waals surface area contributed by atoms with Crippen LogP contribution in [-0.4, -0.2) is 88.4 Å². The lowest BCUT2D eigenvalue weighted by Crippen LogP contribution is -2.54. The van der Waals surface area contributed by atoms with Gasteiger partial charge >= 0.3 is 6.03 Å². The third-order valence-electron chi connectivity index (χ3n) is 7.14. The van der Waals surface area contributed by atoms with E-state index in [0.717, 1.165) is 12.8 Å². The van der Waals surface area contributed by atoms with Crippen LogP contribution in [0.5, 0.6) is 0 Å². The maximum Gasteiger partial charge on any atom is 0.334 e. The molecular formula is C25H26N6O5S. The number of likely N-dealkylation sites (tertiary alicyclic amines) is 1. The molecule has 1 unspecified atom stereocenters. The summed E-state index contributed by atoms with van der Waals surface area (Å²) in [6.45, 7) is 2.41. The van der Waals surface area contributed by atoms with Gasteiger partial charge in [-0.1, -0.05) is 12.1 Å². The summed E-state index contributed by atoms with van der Waals surface area (Å²) in [5, 5.41) is 20.2. The molecule has 4 heterocycles. The van der Waals surface area contributed by atoms with Crippen LogP contribution >= 0.6 is 11.3 Å². The van der Waals surface area contributed by atoms with Gasteiger partial charge in [0.15, 0.2) is 5.78 Å². The zero-order valence-electron chi connectivity index (χ0n) is 20.0. The number of nitrogens with one attached hydrogen (secondary N) is 1. The van der Waals surface area contributed by atoms with Gasteiger partial charge < -0.3 is 20.5 Å². The molecule has 0 radical (unpaired) electrons. The number of aromatic nitrogens is 2. The first-order valence-corrected chi connectivity index (χ1v) is 13.0. The third-order valence-corrected chi connectivity index (χ3v) is 8.23. The van der Waals surface area contributed by atoms with E-state index in [2.05, 4.69) is 10.2 Å². The zero-order chi connectivity index (χ0) is 25.7. The monoisotopic (exact) mass is 522 g/mol. The minimum Gasteiger partial charge on any atom is -0.394 e. The predicted octanol–water partition coefficient (Wildman–Crippen LogP) is 2.08. The number of anilines is 1. The minimum absolute atomic E-state index is 0.0557. The van der Waals surface area contributed by atoms with Gasteiger partial charge in [0.1, 0.15) is 5.69 Å².